The zero-order valence-electron chi connectivity index (χ0n) is 14.2. The van der Waals surface area contributed by atoms with Gasteiger partial charge in [-0.1, -0.05) is 18.2 Å². The third-order valence-electron chi connectivity index (χ3n) is 3.99. The number of hydrogen-bond acceptors (Lipinski definition) is 5. The van der Waals surface area contributed by atoms with Crippen LogP contribution in [0.3, 0.4) is 0 Å². The molecule has 0 saturated heterocycles. The van der Waals surface area contributed by atoms with Crippen molar-refractivity contribution in [2.45, 2.75) is 6.42 Å². The number of hydrogen-bond donors (Lipinski definition) is 2. The Kier molecular flexibility index (Phi) is 4.76. The van der Waals surface area contributed by atoms with E-state index in [4.69, 9.17) is 9.47 Å². The maximum absolute atomic E-state index is 12.7. The number of para-hydroxylation sites is 1. The van der Waals surface area contributed by atoms with Crippen LogP contribution in [-0.4, -0.2) is 18.6 Å². The number of anilines is 2. The highest BCUT2D eigenvalue weighted by molar-refractivity contribution is 7.10. The second kappa shape index (κ2) is 7.51. The summed E-state index contributed by atoms with van der Waals surface area (Å²) in [7, 11) is 0. The Morgan fingerprint density at radius 1 is 0.963 bits per heavy atom. The van der Waals surface area contributed by atoms with E-state index in [9.17, 15) is 9.59 Å². The topological polar surface area (TPSA) is 76.7 Å². The highest BCUT2D eigenvalue weighted by atomic mass is 32.1. The lowest BCUT2D eigenvalue weighted by Crippen LogP contribution is -2.19. The molecular formula is C20H16N2O4S. The van der Waals surface area contributed by atoms with E-state index in [0.717, 1.165) is 4.88 Å². The summed E-state index contributed by atoms with van der Waals surface area (Å²) in [6, 6.07) is 15.9. The molecule has 0 spiro atoms. The maximum Gasteiger partial charge on any atom is 0.257 e. The Labute approximate surface area is 159 Å². The summed E-state index contributed by atoms with van der Waals surface area (Å²) in [5, 5.41) is 7.57. The molecule has 136 valence electrons. The Bertz CT molecular complexity index is 985. The molecule has 1 aliphatic rings. The van der Waals surface area contributed by atoms with E-state index in [2.05, 4.69) is 10.6 Å². The van der Waals surface area contributed by atoms with Gasteiger partial charge in [-0.05, 0) is 35.7 Å². The van der Waals surface area contributed by atoms with Gasteiger partial charge < -0.3 is 20.1 Å². The molecule has 2 N–H and O–H groups in total. The van der Waals surface area contributed by atoms with Crippen molar-refractivity contribution in [1.29, 1.82) is 0 Å². The van der Waals surface area contributed by atoms with Crippen molar-refractivity contribution in [2.75, 3.05) is 17.4 Å². The molecule has 6 nitrogen and oxygen atoms in total. The van der Waals surface area contributed by atoms with Crippen LogP contribution in [-0.2, 0) is 11.2 Å². The van der Waals surface area contributed by atoms with Crippen LogP contribution >= 0.6 is 11.3 Å². The number of benzene rings is 2. The van der Waals surface area contributed by atoms with Crippen LogP contribution in [0.4, 0.5) is 11.4 Å². The molecule has 0 aliphatic carbocycles. The van der Waals surface area contributed by atoms with E-state index in [1.54, 1.807) is 42.5 Å². The number of carbonyl (C=O) groups excluding carboxylic acids is 2. The van der Waals surface area contributed by atoms with Gasteiger partial charge in [0.2, 0.25) is 12.7 Å². The lowest BCUT2D eigenvalue weighted by atomic mass is 10.1. The van der Waals surface area contributed by atoms with Crippen molar-refractivity contribution in [1.82, 2.24) is 0 Å². The fraction of sp³-hybridized carbons (Fsp3) is 0.100. The van der Waals surface area contributed by atoms with E-state index in [0.29, 0.717) is 28.4 Å². The zero-order valence-corrected chi connectivity index (χ0v) is 15.0. The lowest BCUT2D eigenvalue weighted by Gasteiger charge is -2.11. The van der Waals surface area contributed by atoms with Crippen LogP contribution < -0.4 is 20.1 Å². The molecule has 0 atom stereocenters. The largest absolute Gasteiger partial charge is 0.454 e. The minimum absolute atomic E-state index is 0.166. The number of ether oxygens (including phenoxy) is 2. The molecule has 3 aromatic rings. The number of thiophene rings is 1. The molecule has 2 aromatic carbocycles. The van der Waals surface area contributed by atoms with E-state index < -0.39 is 0 Å². The number of carbonyl (C=O) groups is 2. The molecule has 0 saturated carbocycles. The average molecular weight is 380 g/mol. The monoisotopic (exact) mass is 380 g/mol. The summed E-state index contributed by atoms with van der Waals surface area (Å²) in [5.74, 6) is 0.751. The summed E-state index contributed by atoms with van der Waals surface area (Å²) >= 11 is 1.52. The second-order valence-corrected chi connectivity index (χ2v) is 6.90. The van der Waals surface area contributed by atoms with Gasteiger partial charge in [0.05, 0.1) is 17.7 Å². The maximum atomic E-state index is 12.7. The first-order valence-corrected chi connectivity index (χ1v) is 9.19. The van der Waals surface area contributed by atoms with Crippen molar-refractivity contribution in [3.63, 3.8) is 0 Å². The standard InChI is InChI=1S/C20H16N2O4S/c23-19(11-14-4-3-9-27-14)22-16-6-2-1-5-15(16)20(24)21-13-7-8-17-18(10-13)26-12-25-17/h1-10H,11-12H2,(H,21,24)(H,22,23). The predicted molar refractivity (Wildman–Crippen MR) is 104 cm³/mol. The number of amides is 2. The first kappa shape index (κ1) is 17.1. The van der Waals surface area contributed by atoms with Crippen molar-refractivity contribution in [2.24, 2.45) is 0 Å². The summed E-state index contributed by atoms with van der Waals surface area (Å²) in [5.41, 5.74) is 1.44. The Morgan fingerprint density at radius 3 is 2.67 bits per heavy atom. The minimum atomic E-state index is -0.319. The van der Waals surface area contributed by atoms with E-state index >= 15 is 0 Å². The van der Waals surface area contributed by atoms with Crippen LogP contribution in [0.1, 0.15) is 15.2 Å². The highest BCUT2D eigenvalue weighted by Crippen LogP contribution is 2.34. The fourth-order valence-electron chi connectivity index (χ4n) is 2.73. The minimum Gasteiger partial charge on any atom is -0.454 e. The van der Waals surface area contributed by atoms with Gasteiger partial charge in [-0.25, -0.2) is 0 Å². The van der Waals surface area contributed by atoms with Gasteiger partial charge in [-0.2, -0.15) is 0 Å². The van der Waals surface area contributed by atoms with Crippen LogP contribution in [0.15, 0.2) is 60.0 Å². The van der Waals surface area contributed by atoms with Crippen LogP contribution in [0.2, 0.25) is 0 Å². The number of rotatable bonds is 5. The zero-order chi connectivity index (χ0) is 18.6. The summed E-state index contributed by atoms with van der Waals surface area (Å²) in [6.45, 7) is 0.172. The number of nitrogens with one attached hydrogen (secondary N) is 2. The SMILES string of the molecule is O=C(Cc1cccs1)Nc1ccccc1C(=O)Nc1ccc2c(c1)OCO2. The van der Waals surface area contributed by atoms with E-state index in [-0.39, 0.29) is 25.0 Å². The molecular weight excluding hydrogens is 364 g/mol. The van der Waals surface area contributed by atoms with Gasteiger partial charge in [-0.3, -0.25) is 9.59 Å². The molecule has 0 radical (unpaired) electrons. The fourth-order valence-corrected chi connectivity index (χ4v) is 3.43. The second-order valence-electron chi connectivity index (χ2n) is 5.87. The Balaban J connectivity index is 1.48. The predicted octanol–water partition coefficient (Wildman–Crippen LogP) is 3.91. The molecule has 27 heavy (non-hydrogen) atoms. The van der Waals surface area contributed by atoms with Gasteiger partial charge >= 0.3 is 0 Å². The smallest absolute Gasteiger partial charge is 0.257 e. The average Bonchev–Trinajstić information content (AvgIpc) is 3.33. The van der Waals surface area contributed by atoms with Crippen LogP contribution in [0.5, 0.6) is 11.5 Å². The third-order valence-corrected chi connectivity index (χ3v) is 4.87. The summed E-state index contributed by atoms with van der Waals surface area (Å²) in [4.78, 5) is 25.9. The van der Waals surface area contributed by atoms with Gasteiger partial charge in [0, 0.05) is 16.6 Å². The van der Waals surface area contributed by atoms with Gasteiger partial charge in [0.1, 0.15) is 0 Å². The molecule has 4 rings (SSSR count). The molecule has 2 heterocycles. The molecule has 2 amide bonds. The Morgan fingerprint density at radius 2 is 1.81 bits per heavy atom. The lowest BCUT2D eigenvalue weighted by molar-refractivity contribution is -0.115. The van der Waals surface area contributed by atoms with Gasteiger partial charge in [-0.15, -0.1) is 11.3 Å². The third kappa shape index (κ3) is 3.93. The molecule has 0 fully saturated rings. The van der Waals surface area contributed by atoms with Crippen LogP contribution in [0, 0.1) is 0 Å². The molecule has 1 aromatic heterocycles. The van der Waals surface area contributed by atoms with Gasteiger partial charge in [0.15, 0.2) is 11.5 Å². The number of fused-ring (bicyclic) bond motifs is 1. The molecule has 7 heteroatoms. The van der Waals surface area contributed by atoms with Crippen molar-refractivity contribution in [3.8, 4) is 11.5 Å². The Hall–Kier alpha value is -3.32. The normalized spacial score (nSPS) is 11.9. The molecule has 1 aliphatic heterocycles. The quantitative estimate of drug-likeness (QED) is 0.704. The molecule has 0 unspecified atom stereocenters. The summed E-state index contributed by atoms with van der Waals surface area (Å²) in [6.07, 6.45) is 0.274. The first-order valence-electron chi connectivity index (χ1n) is 8.31. The van der Waals surface area contributed by atoms with Crippen molar-refractivity contribution < 1.29 is 19.1 Å². The van der Waals surface area contributed by atoms with E-state index in [1.807, 2.05) is 17.5 Å². The van der Waals surface area contributed by atoms with E-state index in [1.165, 1.54) is 11.3 Å². The highest BCUT2D eigenvalue weighted by Gasteiger charge is 2.17. The van der Waals surface area contributed by atoms with Crippen molar-refractivity contribution >= 4 is 34.5 Å². The van der Waals surface area contributed by atoms with Gasteiger partial charge in [0.25, 0.3) is 5.91 Å². The molecule has 0 bridgehead atoms. The van der Waals surface area contributed by atoms with Crippen LogP contribution in [0.25, 0.3) is 0 Å². The first-order chi connectivity index (χ1) is 13.2. The van der Waals surface area contributed by atoms with Crippen molar-refractivity contribution in [3.05, 3.63) is 70.4 Å². The summed E-state index contributed by atoms with van der Waals surface area (Å²) < 4.78 is 10.6.